The zero-order valence-electron chi connectivity index (χ0n) is 15.0. The van der Waals surface area contributed by atoms with Crippen molar-refractivity contribution >= 4 is 5.97 Å². The molecule has 0 radical (unpaired) electrons. The molecule has 0 saturated carbocycles. The summed E-state index contributed by atoms with van der Waals surface area (Å²) in [7, 11) is 0. The molecule has 2 nitrogen and oxygen atoms in total. The smallest absolute Gasteiger partial charge is 0.328 e. The highest BCUT2D eigenvalue weighted by Crippen LogP contribution is 2.33. The summed E-state index contributed by atoms with van der Waals surface area (Å²) in [6, 6.07) is 0. The van der Waals surface area contributed by atoms with Crippen molar-refractivity contribution in [3.8, 4) is 0 Å². The van der Waals surface area contributed by atoms with E-state index >= 15 is 0 Å². The van der Waals surface area contributed by atoms with Gasteiger partial charge in [-0.3, -0.25) is 0 Å². The van der Waals surface area contributed by atoms with Crippen LogP contribution in [0.2, 0.25) is 0 Å². The number of rotatable bonds is 7. The number of carboxylic acid groups (broad SMARTS) is 1. The monoisotopic (exact) mass is 302 g/mol. The topological polar surface area (TPSA) is 37.3 Å². The quantitative estimate of drug-likeness (QED) is 0.473. The molecule has 0 atom stereocenters. The summed E-state index contributed by atoms with van der Waals surface area (Å²) >= 11 is 0. The van der Waals surface area contributed by atoms with Crippen molar-refractivity contribution in [3.05, 3.63) is 58.7 Å². The van der Waals surface area contributed by atoms with Gasteiger partial charge >= 0.3 is 5.97 Å². The highest BCUT2D eigenvalue weighted by atomic mass is 16.4. The molecule has 0 rings (SSSR count). The first kappa shape index (κ1) is 20.2. The van der Waals surface area contributed by atoms with E-state index in [1.807, 2.05) is 19.1 Å². The molecule has 0 fully saturated rings. The standard InChI is InChI=1S/C20H30O2/c1-8-20(6,7)18(15(2)3)13-12-16(4)10-9-11-17(5)14-19(21)22/h9-14H,8H2,1-7H3,(H,21,22)/b11-9+,13-12+,16-10+,17-14+. The molecule has 0 unspecified atom stereocenters. The Morgan fingerprint density at radius 2 is 1.59 bits per heavy atom. The Balaban J connectivity index is 5.08. The van der Waals surface area contributed by atoms with Crippen LogP contribution in [0.3, 0.4) is 0 Å². The molecule has 1 N–H and O–H groups in total. The van der Waals surface area contributed by atoms with Gasteiger partial charge in [0, 0.05) is 6.08 Å². The Morgan fingerprint density at radius 3 is 2.05 bits per heavy atom. The summed E-state index contributed by atoms with van der Waals surface area (Å²) in [5.41, 5.74) is 4.73. The Kier molecular flexibility index (Phi) is 8.47. The van der Waals surface area contributed by atoms with E-state index in [2.05, 4.69) is 46.8 Å². The molecule has 122 valence electrons. The lowest BCUT2D eigenvalue weighted by Gasteiger charge is -2.26. The van der Waals surface area contributed by atoms with E-state index in [9.17, 15) is 4.79 Å². The van der Waals surface area contributed by atoms with Crippen molar-refractivity contribution in [1.29, 1.82) is 0 Å². The maximum Gasteiger partial charge on any atom is 0.328 e. The number of carboxylic acids is 1. The SMILES string of the molecule is CCC(C)(C)C(/C=C/C(C)=C/C=C/C(C)=C/C(=O)O)=C(C)C. The van der Waals surface area contributed by atoms with Gasteiger partial charge in [0.15, 0.2) is 0 Å². The van der Waals surface area contributed by atoms with Crippen molar-refractivity contribution < 1.29 is 9.90 Å². The third kappa shape index (κ3) is 7.82. The van der Waals surface area contributed by atoms with Gasteiger partial charge in [-0.05, 0) is 50.7 Å². The second-order valence-corrected chi connectivity index (χ2v) is 6.48. The molecule has 0 bridgehead atoms. The van der Waals surface area contributed by atoms with Gasteiger partial charge in [-0.15, -0.1) is 0 Å². The first-order valence-corrected chi connectivity index (χ1v) is 7.72. The normalized spacial score (nSPS) is 14.0. The lowest BCUT2D eigenvalue weighted by atomic mass is 9.79. The van der Waals surface area contributed by atoms with Crippen LogP contribution in [0.1, 0.15) is 54.9 Å². The van der Waals surface area contributed by atoms with Gasteiger partial charge in [0.2, 0.25) is 0 Å². The van der Waals surface area contributed by atoms with Crippen LogP contribution in [0.15, 0.2) is 58.7 Å². The second kappa shape index (κ2) is 9.24. The Bertz CT molecular complexity index is 534. The number of carbonyl (C=O) groups is 1. The summed E-state index contributed by atoms with van der Waals surface area (Å²) in [6.07, 6.45) is 12.3. The predicted octanol–water partition coefficient (Wildman–Crippen LogP) is 5.85. The van der Waals surface area contributed by atoms with Crippen molar-refractivity contribution in [3.63, 3.8) is 0 Å². The highest BCUT2D eigenvalue weighted by molar-refractivity contribution is 5.81. The molecule has 22 heavy (non-hydrogen) atoms. The number of allylic oxidation sites excluding steroid dienone is 9. The molecule has 0 aromatic carbocycles. The molecule has 0 spiro atoms. The second-order valence-electron chi connectivity index (χ2n) is 6.48. The van der Waals surface area contributed by atoms with E-state index < -0.39 is 5.97 Å². The molecule has 0 aliphatic carbocycles. The van der Waals surface area contributed by atoms with E-state index in [0.717, 1.165) is 17.6 Å². The van der Waals surface area contributed by atoms with Crippen molar-refractivity contribution in [2.75, 3.05) is 0 Å². The van der Waals surface area contributed by atoms with Gasteiger partial charge in [0.1, 0.15) is 0 Å². The largest absolute Gasteiger partial charge is 0.478 e. The molecule has 0 saturated heterocycles. The summed E-state index contributed by atoms with van der Waals surface area (Å²) in [6.45, 7) is 14.8. The molecule has 0 aromatic rings. The van der Waals surface area contributed by atoms with Crippen molar-refractivity contribution in [2.24, 2.45) is 5.41 Å². The third-order valence-electron chi connectivity index (χ3n) is 3.73. The lowest BCUT2D eigenvalue weighted by molar-refractivity contribution is -0.131. The first-order valence-electron chi connectivity index (χ1n) is 7.72. The van der Waals surface area contributed by atoms with Crippen LogP contribution in [-0.2, 0) is 4.79 Å². The van der Waals surface area contributed by atoms with Crippen molar-refractivity contribution in [1.82, 2.24) is 0 Å². The first-order chi connectivity index (χ1) is 10.1. The van der Waals surface area contributed by atoms with Crippen LogP contribution in [0.4, 0.5) is 0 Å². The molecule has 0 heterocycles. The van der Waals surface area contributed by atoms with Crippen LogP contribution < -0.4 is 0 Å². The summed E-state index contributed by atoms with van der Waals surface area (Å²) in [5.74, 6) is -0.919. The van der Waals surface area contributed by atoms with Crippen LogP contribution in [-0.4, -0.2) is 11.1 Å². The minimum Gasteiger partial charge on any atom is -0.478 e. The maximum atomic E-state index is 10.5. The third-order valence-corrected chi connectivity index (χ3v) is 3.73. The van der Waals surface area contributed by atoms with Gasteiger partial charge in [0.05, 0.1) is 0 Å². The molecule has 0 aromatic heterocycles. The van der Waals surface area contributed by atoms with Gasteiger partial charge in [-0.25, -0.2) is 4.79 Å². The fraction of sp³-hybridized carbons (Fsp3) is 0.450. The molecular formula is C20H30O2. The lowest BCUT2D eigenvalue weighted by Crippen LogP contribution is -2.13. The molecule has 2 heteroatoms. The number of aliphatic carboxylic acids is 1. The summed E-state index contributed by atoms with van der Waals surface area (Å²) < 4.78 is 0. The Labute approximate surface area is 135 Å². The van der Waals surface area contributed by atoms with Gasteiger partial charge < -0.3 is 5.11 Å². The Hall–Kier alpha value is -1.83. The van der Waals surface area contributed by atoms with Crippen LogP contribution in [0.25, 0.3) is 0 Å². The molecule has 0 aliphatic rings. The summed E-state index contributed by atoms with van der Waals surface area (Å²) in [4.78, 5) is 10.5. The fourth-order valence-electron chi connectivity index (χ4n) is 2.12. The van der Waals surface area contributed by atoms with Gasteiger partial charge in [-0.1, -0.05) is 62.3 Å². The van der Waals surface area contributed by atoms with Gasteiger partial charge in [-0.2, -0.15) is 0 Å². The molecule has 0 aliphatic heterocycles. The predicted molar refractivity (Wildman–Crippen MR) is 95.9 cm³/mol. The fourth-order valence-corrected chi connectivity index (χ4v) is 2.12. The van der Waals surface area contributed by atoms with Crippen molar-refractivity contribution in [2.45, 2.75) is 54.9 Å². The minimum atomic E-state index is -0.919. The zero-order chi connectivity index (χ0) is 17.3. The Morgan fingerprint density at radius 1 is 1.00 bits per heavy atom. The highest BCUT2D eigenvalue weighted by Gasteiger charge is 2.19. The van der Waals surface area contributed by atoms with Crippen LogP contribution in [0.5, 0.6) is 0 Å². The van der Waals surface area contributed by atoms with E-state index in [4.69, 9.17) is 5.11 Å². The minimum absolute atomic E-state index is 0.173. The zero-order valence-corrected chi connectivity index (χ0v) is 15.0. The van der Waals surface area contributed by atoms with Crippen LogP contribution >= 0.6 is 0 Å². The molecule has 0 amide bonds. The number of hydrogen-bond acceptors (Lipinski definition) is 1. The average molecular weight is 302 g/mol. The van der Waals surface area contributed by atoms with Crippen LogP contribution in [0, 0.1) is 5.41 Å². The average Bonchev–Trinajstić information content (AvgIpc) is 2.37. The summed E-state index contributed by atoms with van der Waals surface area (Å²) in [5, 5.41) is 8.65. The van der Waals surface area contributed by atoms with E-state index in [1.54, 1.807) is 13.0 Å². The van der Waals surface area contributed by atoms with Gasteiger partial charge in [0.25, 0.3) is 0 Å². The van der Waals surface area contributed by atoms with E-state index in [0.29, 0.717) is 0 Å². The van der Waals surface area contributed by atoms with E-state index in [-0.39, 0.29) is 5.41 Å². The number of hydrogen-bond donors (Lipinski definition) is 1. The molecular weight excluding hydrogens is 272 g/mol. The maximum absolute atomic E-state index is 10.5. The van der Waals surface area contributed by atoms with E-state index in [1.165, 1.54) is 17.2 Å².